The number of hydrogen-bond acceptors (Lipinski definition) is 3. The van der Waals surface area contributed by atoms with Crippen molar-refractivity contribution in [2.45, 2.75) is 19.8 Å². The van der Waals surface area contributed by atoms with Gasteiger partial charge in [-0.1, -0.05) is 6.07 Å². The summed E-state index contributed by atoms with van der Waals surface area (Å²) < 4.78 is 16.4. The topological polar surface area (TPSA) is 27.7 Å². The Labute approximate surface area is 83.6 Å². The van der Waals surface area contributed by atoms with E-state index in [2.05, 4.69) is 6.92 Å². The second kappa shape index (κ2) is 3.17. The molecule has 75 valence electrons. The van der Waals surface area contributed by atoms with E-state index in [1.54, 1.807) is 6.92 Å². The van der Waals surface area contributed by atoms with Gasteiger partial charge in [-0.3, -0.25) is 0 Å². The maximum atomic E-state index is 5.53. The second-order valence-corrected chi connectivity index (χ2v) is 3.28. The largest absolute Gasteiger partial charge is 0.426 e. The van der Waals surface area contributed by atoms with Gasteiger partial charge in [-0.05, 0) is 31.5 Å². The lowest BCUT2D eigenvalue weighted by molar-refractivity contribution is -0.266. The summed E-state index contributed by atoms with van der Waals surface area (Å²) >= 11 is 0. The van der Waals surface area contributed by atoms with Crippen LogP contribution in [0.1, 0.15) is 19.4 Å². The summed E-state index contributed by atoms with van der Waals surface area (Å²) in [6.07, 6.45) is 0. The number of benzene rings is 1. The minimum Gasteiger partial charge on any atom is -0.426 e. The van der Waals surface area contributed by atoms with Crippen LogP contribution in [0.3, 0.4) is 0 Å². The molecule has 0 saturated heterocycles. The molecule has 1 heterocycles. The predicted octanol–water partition coefficient (Wildman–Crippen LogP) is 2.35. The van der Waals surface area contributed by atoms with Crippen molar-refractivity contribution >= 4 is 0 Å². The summed E-state index contributed by atoms with van der Waals surface area (Å²) in [6.45, 7) is 8.00. The molecule has 2 rings (SSSR count). The molecule has 0 aliphatic carbocycles. The van der Waals surface area contributed by atoms with Crippen LogP contribution in [-0.2, 0) is 4.74 Å². The molecule has 3 nitrogen and oxygen atoms in total. The Balaban J connectivity index is 2.25. The van der Waals surface area contributed by atoms with Crippen molar-refractivity contribution in [3.05, 3.63) is 30.7 Å². The van der Waals surface area contributed by atoms with Crippen LogP contribution in [0.5, 0.6) is 11.5 Å². The Hall–Kier alpha value is -1.22. The molecule has 1 unspecified atom stereocenters. The Morgan fingerprint density at radius 2 is 2.07 bits per heavy atom. The van der Waals surface area contributed by atoms with E-state index in [1.165, 1.54) is 0 Å². The summed E-state index contributed by atoms with van der Waals surface area (Å²) in [5.41, 5.74) is 0.896. The molecule has 3 heteroatoms. The van der Waals surface area contributed by atoms with Crippen LogP contribution in [0, 0.1) is 6.92 Å². The predicted molar refractivity (Wildman–Crippen MR) is 52.2 cm³/mol. The van der Waals surface area contributed by atoms with Crippen LogP contribution in [0.15, 0.2) is 18.2 Å². The fraction of sp³-hybridized carbons (Fsp3) is 0.364. The van der Waals surface area contributed by atoms with E-state index in [9.17, 15) is 0 Å². The van der Waals surface area contributed by atoms with Crippen molar-refractivity contribution in [2.24, 2.45) is 0 Å². The lowest BCUT2D eigenvalue weighted by Crippen LogP contribution is -2.37. The van der Waals surface area contributed by atoms with E-state index in [1.807, 2.05) is 25.1 Å². The van der Waals surface area contributed by atoms with Crippen molar-refractivity contribution in [3.63, 3.8) is 0 Å². The normalized spacial score (nSPS) is 23.9. The van der Waals surface area contributed by atoms with Gasteiger partial charge in [0.1, 0.15) is 0 Å². The number of ether oxygens (including phenoxy) is 3. The number of fused-ring (bicyclic) bond motifs is 1. The van der Waals surface area contributed by atoms with Crippen molar-refractivity contribution in [1.29, 1.82) is 0 Å². The third-order valence-corrected chi connectivity index (χ3v) is 2.01. The molecule has 0 N–H and O–H groups in total. The van der Waals surface area contributed by atoms with E-state index < -0.39 is 5.97 Å². The summed E-state index contributed by atoms with van der Waals surface area (Å²) in [4.78, 5) is 0. The average molecular weight is 193 g/mol. The van der Waals surface area contributed by atoms with E-state index in [0.717, 1.165) is 5.56 Å². The van der Waals surface area contributed by atoms with Gasteiger partial charge in [0.2, 0.25) is 0 Å². The molecule has 0 amide bonds. The molecule has 0 aromatic heterocycles. The summed E-state index contributed by atoms with van der Waals surface area (Å²) in [7, 11) is 0. The van der Waals surface area contributed by atoms with Gasteiger partial charge in [-0.15, -0.1) is 0 Å². The molecular formula is C11H13O3. The van der Waals surface area contributed by atoms with E-state index in [4.69, 9.17) is 14.2 Å². The average Bonchev–Trinajstić information content (AvgIpc) is 2.40. The van der Waals surface area contributed by atoms with Crippen LogP contribution in [0.4, 0.5) is 0 Å². The van der Waals surface area contributed by atoms with Gasteiger partial charge in [0.05, 0.1) is 6.61 Å². The fourth-order valence-electron chi connectivity index (χ4n) is 1.46. The first kappa shape index (κ1) is 9.34. The molecular weight excluding hydrogens is 180 g/mol. The van der Waals surface area contributed by atoms with Crippen LogP contribution in [0.2, 0.25) is 0 Å². The summed E-state index contributed by atoms with van der Waals surface area (Å²) in [5, 5.41) is 0. The smallest absolute Gasteiger partial charge is 0.368 e. The fourth-order valence-corrected chi connectivity index (χ4v) is 1.46. The highest BCUT2D eigenvalue weighted by molar-refractivity contribution is 5.46. The van der Waals surface area contributed by atoms with Crippen molar-refractivity contribution < 1.29 is 14.2 Å². The van der Waals surface area contributed by atoms with Gasteiger partial charge in [0.15, 0.2) is 11.5 Å². The molecule has 14 heavy (non-hydrogen) atoms. The number of hydrogen-bond donors (Lipinski definition) is 0. The number of rotatable bonds is 2. The summed E-state index contributed by atoms with van der Waals surface area (Å²) in [5.74, 6) is 0.409. The third-order valence-electron chi connectivity index (χ3n) is 2.01. The van der Waals surface area contributed by atoms with Crippen molar-refractivity contribution in [1.82, 2.24) is 0 Å². The third kappa shape index (κ3) is 1.55. The van der Waals surface area contributed by atoms with E-state index in [0.29, 0.717) is 18.1 Å². The highest BCUT2D eigenvalue weighted by Crippen LogP contribution is 2.39. The van der Waals surface area contributed by atoms with Gasteiger partial charge in [0, 0.05) is 6.92 Å². The SMILES string of the molecule is [CH2]c1ccc2c(c1)OC(C)(OCC)O2. The highest BCUT2D eigenvalue weighted by Gasteiger charge is 2.37. The van der Waals surface area contributed by atoms with E-state index in [-0.39, 0.29) is 0 Å². The molecule has 1 aromatic carbocycles. The van der Waals surface area contributed by atoms with Crippen molar-refractivity contribution in [3.8, 4) is 11.5 Å². The van der Waals surface area contributed by atoms with Gasteiger partial charge >= 0.3 is 5.97 Å². The molecule has 1 aromatic rings. The van der Waals surface area contributed by atoms with Gasteiger partial charge in [0.25, 0.3) is 0 Å². The molecule has 0 fully saturated rings. The highest BCUT2D eigenvalue weighted by atomic mass is 16.9. The molecule has 0 saturated carbocycles. The summed E-state index contributed by atoms with van der Waals surface area (Å²) in [6, 6.07) is 5.54. The maximum Gasteiger partial charge on any atom is 0.368 e. The zero-order chi connectivity index (χ0) is 10.2. The quantitative estimate of drug-likeness (QED) is 0.721. The molecule has 1 radical (unpaired) electrons. The van der Waals surface area contributed by atoms with Crippen LogP contribution in [-0.4, -0.2) is 12.6 Å². The molecule has 0 bridgehead atoms. The Morgan fingerprint density at radius 3 is 2.79 bits per heavy atom. The second-order valence-electron chi connectivity index (χ2n) is 3.28. The monoisotopic (exact) mass is 193 g/mol. The zero-order valence-corrected chi connectivity index (χ0v) is 8.37. The molecule has 1 atom stereocenters. The van der Waals surface area contributed by atoms with Crippen molar-refractivity contribution in [2.75, 3.05) is 6.61 Å². The molecule has 1 aliphatic heterocycles. The Kier molecular flexibility index (Phi) is 2.11. The standard InChI is InChI=1S/C11H13O3/c1-4-12-11(3)13-9-6-5-8(2)7-10(9)14-11/h5-7H,2,4H2,1,3H3. The minimum atomic E-state index is -0.981. The zero-order valence-electron chi connectivity index (χ0n) is 8.37. The first-order chi connectivity index (χ1) is 6.63. The van der Waals surface area contributed by atoms with Gasteiger partial charge < -0.3 is 14.2 Å². The lowest BCUT2D eigenvalue weighted by Gasteiger charge is -2.21. The van der Waals surface area contributed by atoms with Crippen LogP contribution in [0.25, 0.3) is 0 Å². The Bertz CT molecular complexity index is 348. The van der Waals surface area contributed by atoms with Crippen LogP contribution >= 0.6 is 0 Å². The molecule has 1 aliphatic rings. The van der Waals surface area contributed by atoms with Gasteiger partial charge in [-0.25, -0.2) is 0 Å². The van der Waals surface area contributed by atoms with Gasteiger partial charge in [-0.2, -0.15) is 0 Å². The van der Waals surface area contributed by atoms with Crippen LogP contribution < -0.4 is 9.47 Å². The minimum absolute atomic E-state index is 0.543. The first-order valence-corrected chi connectivity index (χ1v) is 4.61. The Morgan fingerprint density at radius 1 is 1.36 bits per heavy atom. The molecule has 0 spiro atoms. The lowest BCUT2D eigenvalue weighted by atomic mass is 10.2. The maximum absolute atomic E-state index is 5.53. The first-order valence-electron chi connectivity index (χ1n) is 4.61. The van der Waals surface area contributed by atoms with E-state index >= 15 is 0 Å².